The SMILES string of the molecule is CCCN(CCC)c1c([N+](=O)[O-])cc(C(F)(F)F)cc1[N+](=O)[O-].Cc1ccccc1CO[C@H]1C[C@]2(C(C)C)CC[C@@]1(C)O2. The van der Waals surface area contributed by atoms with Gasteiger partial charge >= 0.3 is 6.18 Å². The van der Waals surface area contributed by atoms with Crippen LogP contribution in [-0.4, -0.2) is 40.2 Å². The van der Waals surface area contributed by atoms with E-state index in [1.807, 2.05) is 0 Å². The molecular formula is C31H42F3N3O6. The Hall–Kier alpha value is -3.25. The number of anilines is 1. The van der Waals surface area contributed by atoms with Crippen LogP contribution in [0.1, 0.15) is 83.4 Å². The zero-order valence-electron chi connectivity index (χ0n) is 25.7. The Morgan fingerprint density at radius 3 is 2.05 bits per heavy atom. The van der Waals surface area contributed by atoms with Gasteiger partial charge in [0.15, 0.2) is 5.69 Å². The first kappa shape index (κ1) is 34.2. The quantitative estimate of drug-likeness (QED) is 0.186. The predicted octanol–water partition coefficient (Wildman–Crippen LogP) is 8.40. The minimum atomic E-state index is -4.91. The van der Waals surface area contributed by atoms with E-state index in [9.17, 15) is 33.4 Å². The van der Waals surface area contributed by atoms with E-state index < -0.39 is 33.0 Å². The fourth-order valence-corrected chi connectivity index (χ4v) is 6.01. The monoisotopic (exact) mass is 609 g/mol. The smallest absolute Gasteiger partial charge is 0.370 e. The van der Waals surface area contributed by atoms with Gasteiger partial charge in [0, 0.05) is 31.6 Å². The first-order valence-corrected chi connectivity index (χ1v) is 14.7. The van der Waals surface area contributed by atoms with Crippen molar-refractivity contribution in [3.63, 3.8) is 0 Å². The van der Waals surface area contributed by atoms with E-state index in [-0.39, 0.29) is 36.1 Å². The summed E-state index contributed by atoms with van der Waals surface area (Å²) in [7, 11) is 0. The average Bonchev–Trinajstić information content (AvgIpc) is 3.44. The van der Waals surface area contributed by atoms with E-state index >= 15 is 0 Å². The maximum atomic E-state index is 12.8. The standard InChI is InChI=1S/C18H26O2.C13H16F3N3O4/c1-13(2)18-10-9-17(4,20-18)16(11-18)19-12-15-8-6-5-7-14(15)3;1-3-5-17(6-4-2)12-10(18(20)21)7-9(13(14,15)16)8-11(12)19(22)23/h5-8,13,16H,9-12H2,1-4H3;7-8H,3-6H2,1-2H3/t16-,17+,18-;/m0./s1. The number of ether oxygens (including phenoxy) is 2. The van der Waals surface area contributed by atoms with Crippen LogP contribution in [-0.2, 0) is 22.3 Å². The van der Waals surface area contributed by atoms with Crippen LogP contribution in [0.3, 0.4) is 0 Å². The number of rotatable bonds is 11. The first-order valence-electron chi connectivity index (χ1n) is 14.7. The molecule has 2 aromatic rings. The van der Waals surface area contributed by atoms with Crippen molar-refractivity contribution in [3.05, 3.63) is 73.3 Å². The van der Waals surface area contributed by atoms with Crippen LogP contribution in [0, 0.1) is 33.1 Å². The number of nitro benzene ring substituents is 2. The maximum absolute atomic E-state index is 12.8. The summed E-state index contributed by atoms with van der Waals surface area (Å²) in [6.45, 7) is 13.7. The normalized spacial score (nSPS) is 22.8. The van der Waals surface area contributed by atoms with E-state index in [1.165, 1.54) is 22.4 Å². The van der Waals surface area contributed by atoms with Gasteiger partial charge in [-0.25, -0.2) is 0 Å². The highest BCUT2D eigenvalue weighted by atomic mass is 19.4. The molecule has 4 rings (SSSR count). The predicted molar refractivity (Wildman–Crippen MR) is 158 cm³/mol. The van der Waals surface area contributed by atoms with E-state index in [1.54, 1.807) is 13.8 Å². The molecule has 2 heterocycles. The van der Waals surface area contributed by atoms with Gasteiger partial charge < -0.3 is 14.4 Å². The van der Waals surface area contributed by atoms with Gasteiger partial charge in [-0.15, -0.1) is 0 Å². The van der Waals surface area contributed by atoms with Crippen molar-refractivity contribution in [2.75, 3.05) is 18.0 Å². The Morgan fingerprint density at radius 2 is 1.60 bits per heavy atom. The van der Waals surface area contributed by atoms with Crippen LogP contribution in [0.5, 0.6) is 0 Å². The molecule has 0 radical (unpaired) electrons. The van der Waals surface area contributed by atoms with Gasteiger partial charge in [-0.1, -0.05) is 52.0 Å². The molecule has 238 valence electrons. The van der Waals surface area contributed by atoms with E-state index in [4.69, 9.17) is 9.47 Å². The Balaban J connectivity index is 0.000000237. The molecule has 2 bridgehead atoms. The van der Waals surface area contributed by atoms with Gasteiger partial charge in [0.1, 0.15) is 0 Å². The molecule has 2 aliphatic heterocycles. The van der Waals surface area contributed by atoms with Crippen LogP contribution in [0.15, 0.2) is 36.4 Å². The van der Waals surface area contributed by atoms with Gasteiger partial charge in [-0.05, 0) is 56.6 Å². The minimum absolute atomic E-state index is 0.0607. The van der Waals surface area contributed by atoms with Crippen molar-refractivity contribution in [3.8, 4) is 0 Å². The zero-order chi connectivity index (χ0) is 32.2. The lowest BCUT2D eigenvalue weighted by Crippen LogP contribution is -2.38. The largest absolute Gasteiger partial charge is 0.416 e. The molecule has 0 spiro atoms. The summed E-state index contributed by atoms with van der Waals surface area (Å²) < 4.78 is 51.2. The molecule has 12 heteroatoms. The number of fused-ring (bicyclic) bond motifs is 2. The van der Waals surface area contributed by atoms with Crippen LogP contribution in [0.4, 0.5) is 30.2 Å². The molecule has 2 aromatic carbocycles. The second kappa shape index (κ2) is 13.6. The fourth-order valence-electron chi connectivity index (χ4n) is 6.01. The maximum Gasteiger partial charge on any atom is 0.416 e. The molecule has 0 saturated carbocycles. The molecule has 2 saturated heterocycles. The van der Waals surface area contributed by atoms with Gasteiger partial charge in [0.25, 0.3) is 11.4 Å². The van der Waals surface area contributed by atoms with Gasteiger partial charge in [-0.3, -0.25) is 20.2 Å². The lowest BCUT2D eigenvalue weighted by molar-refractivity contribution is -0.393. The van der Waals surface area contributed by atoms with Crippen molar-refractivity contribution >= 4 is 17.1 Å². The summed E-state index contributed by atoms with van der Waals surface area (Å²) in [5, 5.41) is 22.4. The van der Waals surface area contributed by atoms with Crippen molar-refractivity contribution in [2.45, 2.75) is 104 Å². The summed E-state index contributed by atoms with van der Waals surface area (Å²) in [4.78, 5) is 21.7. The third-order valence-corrected chi connectivity index (χ3v) is 8.54. The van der Waals surface area contributed by atoms with Crippen molar-refractivity contribution in [1.29, 1.82) is 0 Å². The second-order valence-corrected chi connectivity index (χ2v) is 11.9. The fraction of sp³-hybridized carbons (Fsp3) is 0.613. The molecule has 9 nitrogen and oxygen atoms in total. The number of hydrogen-bond donors (Lipinski definition) is 0. The highest BCUT2D eigenvalue weighted by molar-refractivity contribution is 5.76. The van der Waals surface area contributed by atoms with Crippen LogP contribution in [0.2, 0.25) is 0 Å². The minimum Gasteiger partial charge on any atom is -0.370 e. The number of halogens is 3. The average molecular weight is 610 g/mol. The van der Waals surface area contributed by atoms with Crippen molar-refractivity contribution < 1.29 is 32.5 Å². The Labute approximate surface area is 250 Å². The number of aryl methyl sites for hydroxylation is 1. The summed E-state index contributed by atoms with van der Waals surface area (Å²) >= 11 is 0. The Morgan fingerprint density at radius 1 is 1.05 bits per heavy atom. The highest BCUT2D eigenvalue weighted by Gasteiger charge is 2.60. The number of hydrogen-bond acceptors (Lipinski definition) is 7. The lowest BCUT2D eigenvalue weighted by atomic mass is 9.75. The van der Waals surface area contributed by atoms with Gasteiger partial charge in [0.2, 0.25) is 0 Å². The highest BCUT2D eigenvalue weighted by Crippen LogP contribution is 2.55. The number of alkyl halides is 3. The molecular weight excluding hydrogens is 567 g/mol. The van der Waals surface area contributed by atoms with Crippen LogP contribution >= 0.6 is 0 Å². The molecule has 2 aliphatic rings. The molecule has 0 amide bonds. The summed E-state index contributed by atoms with van der Waals surface area (Å²) in [5.41, 5.74) is -1.03. The third kappa shape index (κ3) is 7.64. The lowest BCUT2D eigenvalue weighted by Gasteiger charge is -2.31. The molecule has 0 unspecified atom stereocenters. The van der Waals surface area contributed by atoms with Crippen LogP contribution in [0.25, 0.3) is 0 Å². The zero-order valence-corrected chi connectivity index (χ0v) is 25.7. The Kier molecular flexibility index (Phi) is 10.8. The summed E-state index contributed by atoms with van der Waals surface area (Å²) in [5.74, 6) is 0.566. The topological polar surface area (TPSA) is 108 Å². The van der Waals surface area contributed by atoms with Gasteiger partial charge in [0.05, 0.1) is 39.3 Å². The van der Waals surface area contributed by atoms with Gasteiger partial charge in [-0.2, -0.15) is 13.2 Å². The summed E-state index contributed by atoms with van der Waals surface area (Å²) in [6, 6.07) is 9.16. The van der Waals surface area contributed by atoms with E-state index in [0.29, 0.717) is 37.5 Å². The number of nitro groups is 2. The number of benzene rings is 2. The Bertz CT molecular complexity index is 1260. The van der Waals surface area contributed by atoms with Crippen molar-refractivity contribution in [1.82, 2.24) is 0 Å². The summed E-state index contributed by atoms with van der Waals surface area (Å²) in [6.07, 6.45) is -0.237. The molecule has 0 aliphatic carbocycles. The molecule has 0 N–H and O–H groups in total. The molecule has 0 aromatic heterocycles. The second-order valence-electron chi connectivity index (χ2n) is 11.9. The molecule has 2 fully saturated rings. The van der Waals surface area contributed by atoms with E-state index in [0.717, 1.165) is 12.8 Å². The third-order valence-electron chi connectivity index (χ3n) is 8.54. The molecule has 3 atom stereocenters. The van der Waals surface area contributed by atoms with E-state index in [2.05, 4.69) is 52.0 Å². The molecule has 43 heavy (non-hydrogen) atoms. The van der Waals surface area contributed by atoms with Crippen molar-refractivity contribution in [2.24, 2.45) is 5.92 Å². The first-order chi connectivity index (χ1) is 20.1. The van der Waals surface area contributed by atoms with Crippen LogP contribution < -0.4 is 4.90 Å². The number of nitrogens with zero attached hydrogens (tertiary/aromatic N) is 3.